The highest BCUT2D eigenvalue weighted by Crippen LogP contribution is 2.21. The zero-order chi connectivity index (χ0) is 21.5. The lowest BCUT2D eigenvalue weighted by atomic mass is 9.96. The second-order valence-electron chi connectivity index (χ2n) is 8.35. The van der Waals surface area contributed by atoms with Crippen molar-refractivity contribution in [2.45, 2.75) is 32.2 Å². The molecule has 0 aliphatic carbocycles. The number of nitrogens with one attached hydrogen (secondary N) is 2. The highest BCUT2D eigenvalue weighted by Gasteiger charge is 2.29. The van der Waals surface area contributed by atoms with Crippen molar-refractivity contribution in [3.63, 3.8) is 0 Å². The third-order valence-electron chi connectivity index (χ3n) is 6.13. The summed E-state index contributed by atoms with van der Waals surface area (Å²) in [5.41, 5.74) is 6.59. The molecule has 3 heterocycles. The summed E-state index contributed by atoms with van der Waals surface area (Å²) in [7, 11) is 0. The summed E-state index contributed by atoms with van der Waals surface area (Å²) in [6.45, 7) is 4.02. The van der Waals surface area contributed by atoms with Crippen LogP contribution in [-0.4, -0.2) is 52.9 Å². The molecule has 2 aromatic rings. The molecule has 31 heavy (non-hydrogen) atoms. The molecule has 2 amide bonds. The number of rotatable bonds is 5. The largest absolute Gasteiger partial charge is 0.341 e. The van der Waals surface area contributed by atoms with E-state index in [-0.39, 0.29) is 23.7 Å². The van der Waals surface area contributed by atoms with Crippen LogP contribution in [0, 0.1) is 11.8 Å². The first-order chi connectivity index (χ1) is 15.2. The van der Waals surface area contributed by atoms with Gasteiger partial charge in [0.2, 0.25) is 17.8 Å². The van der Waals surface area contributed by atoms with Gasteiger partial charge < -0.3 is 4.90 Å². The van der Waals surface area contributed by atoms with Crippen molar-refractivity contribution in [3.05, 3.63) is 54.4 Å². The van der Waals surface area contributed by atoms with Crippen molar-refractivity contribution in [1.82, 2.24) is 25.7 Å². The van der Waals surface area contributed by atoms with Crippen LogP contribution in [0.2, 0.25) is 0 Å². The Morgan fingerprint density at radius 3 is 2.26 bits per heavy atom. The third-order valence-corrected chi connectivity index (χ3v) is 6.13. The SMILES string of the molecule is O=C(NNC(=O)C1CCCN(Cc2ccccc2)C1)C1CCN(c2ncccn2)CC1. The van der Waals surface area contributed by atoms with E-state index in [1.165, 1.54) is 5.56 Å². The lowest BCUT2D eigenvalue weighted by Crippen LogP contribution is -2.51. The Balaban J connectivity index is 1.20. The molecule has 2 fully saturated rings. The standard InChI is InChI=1S/C23H30N6O2/c30-21(19-9-14-29(15-10-19)23-24-11-5-12-25-23)26-27-22(31)20-8-4-13-28(17-20)16-18-6-2-1-3-7-18/h1-3,5-7,11-12,19-20H,4,8-10,13-17H2,(H,26,30)(H,27,31). The quantitative estimate of drug-likeness (QED) is 0.714. The fourth-order valence-corrected chi connectivity index (χ4v) is 4.38. The molecule has 1 aromatic carbocycles. The van der Waals surface area contributed by atoms with Crippen LogP contribution in [-0.2, 0) is 16.1 Å². The van der Waals surface area contributed by atoms with Crippen molar-refractivity contribution < 1.29 is 9.59 Å². The Labute approximate surface area is 183 Å². The number of likely N-dealkylation sites (tertiary alicyclic amines) is 1. The van der Waals surface area contributed by atoms with Crippen LogP contribution in [0.5, 0.6) is 0 Å². The van der Waals surface area contributed by atoms with E-state index in [2.05, 4.69) is 42.8 Å². The molecular weight excluding hydrogens is 392 g/mol. The minimum Gasteiger partial charge on any atom is -0.341 e. The average molecular weight is 423 g/mol. The highest BCUT2D eigenvalue weighted by molar-refractivity contribution is 5.84. The maximum Gasteiger partial charge on any atom is 0.242 e. The summed E-state index contributed by atoms with van der Waals surface area (Å²) in [5.74, 6) is 0.281. The van der Waals surface area contributed by atoms with E-state index < -0.39 is 0 Å². The summed E-state index contributed by atoms with van der Waals surface area (Å²) in [6, 6.07) is 12.1. The summed E-state index contributed by atoms with van der Waals surface area (Å²) >= 11 is 0. The molecule has 2 aliphatic rings. The van der Waals surface area contributed by atoms with Gasteiger partial charge in [-0.3, -0.25) is 25.3 Å². The van der Waals surface area contributed by atoms with Crippen LogP contribution in [0.4, 0.5) is 5.95 Å². The molecule has 2 saturated heterocycles. The third kappa shape index (κ3) is 5.79. The number of anilines is 1. The molecule has 2 N–H and O–H groups in total. The molecule has 2 aliphatic heterocycles. The van der Waals surface area contributed by atoms with Crippen LogP contribution < -0.4 is 15.8 Å². The normalized spacial score (nSPS) is 20.3. The number of aromatic nitrogens is 2. The number of hydrogen-bond acceptors (Lipinski definition) is 6. The number of hydrazine groups is 1. The number of carbonyl (C=O) groups excluding carboxylic acids is 2. The fourth-order valence-electron chi connectivity index (χ4n) is 4.38. The summed E-state index contributed by atoms with van der Waals surface area (Å²) < 4.78 is 0. The van der Waals surface area contributed by atoms with Crippen LogP contribution >= 0.6 is 0 Å². The topological polar surface area (TPSA) is 90.5 Å². The van der Waals surface area contributed by atoms with Gasteiger partial charge in [0.05, 0.1) is 5.92 Å². The lowest BCUT2D eigenvalue weighted by molar-refractivity contribution is -0.134. The molecule has 4 rings (SSSR count). The number of amides is 2. The molecule has 1 atom stereocenters. The van der Waals surface area contributed by atoms with Gasteiger partial charge in [0.15, 0.2) is 0 Å². The average Bonchev–Trinajstić information content (AvgIpc) is 2.84. The molecule has 0 bridgehead atoms. The van der Waals surface area contributed by atoms with E-state index in [0.717, 1.165) is 39.0 Å². The Morgan fingerprint density at radius 1 is 0.871 bits per heavy atom. The van der Waals surface area contributed by atoms with Gasteiger partial charge in [-0.15, -0.1) is 0 Å². The first-order valence-electron chi connectivity index (χ1n) is 11.1. The lowest BCUT2D eigenvalue weighted by Gasteiger charge is -2.33. The molecule has 0 spiro atoms. The van der Waals surface area contributed by atoms with Gasteiger partial charge >= 0.3 is 0 Å². The first-order valence-corrected chi connectivity index (χ1v) is 11.1. The Morgan fingerprint density at radius 2 is 1.55 bits per heavy atom. The molecule has 8 heteroatoms. The molecular formula is C23H30N6O2. The minimum atomic E-state index is -0.112. The van der Waals surface area contributed by atoms with E-state index in [1.807, 2.05) is 18.2 Å². The zero-order valence-electron chi connectivity index (χ0n) is 17.7. The van der Waals surface area contributed by atoms with Gasteiger partial charge in [-0.05, 0) is 43.9 Å². The van der Waals surface area contributed by atoms with Crippen molar-refractivity contribution in [2.24, 2.45) is 11.8 Å². The summed E-state index contributed by atoms with van der Waals surface area (Å²) in [4.78, 5) is 38.1. The van der Waals surface area contributed by atoms with Crippen molar-refractivity contribution in [3.8, 4) is 0 Å². The van der Waals surface area contributed by atoms with Gasteiger partial charge in [-0.1, -0.05) is 30.3 Å². The summed E-state index contributed by atoms with van der Waals surface area (Å²) in [5, 5.41) is 0. The Bertz CT molecular complexity index is 855. The van der Waals surface area contributed by atoms with Crippen molar-refractivity contribution >= 4 is 17.8 Å². The number of nitrogens with zero attached hydrogens (tertiary/aromatic N) is 4. The van der Waals surface area contributed by atoms with Crippen LogP contribution in [0.1, 0.15) is 31.2 Å². The van der Waals surface area contributed by atoms with Crippen LogP contribution in [0.3, 0.4) is 0 Å². The minimum absolute atomic E-state index is 0.0961. The smallest absolute Gasteiger partial charge is 0.242 e. The molecule has 8 nitrogen and oxygen atoms in total. The highest BCUT2D eigenvalue weighted by atomic mass is 16.2. The molecule has 0 saturated carbocycles. The van der Waals surface area contributed by atoms with Crippen molar-refractivity contribution in [2.75, 3.05) is 31.1 Å². The van der Waals surface area contributed by atoms with E-state index in [9.17, 15) is 9.59 Å². The van der Waals surface area contributed by atoms with E-state index in [1.54, 1.807) is 18.5 Å². The fraction of sp³-hybridized carbons (Fsp3) is 0.478. The van der Waals surface area contributed by atoms with Gasteiger partial charge in [0, 0.05) is 44.5 Å². The first kappa shape index (κ1) is 21.2. The van der Waals surface area contributed by atoms with E-state index in [0.29, 0.717) is 25.3 Å². The van der Waals surface area contributed by atoms with Crippen LogP contribution in [0.15, 0.2) is 48.8 Å². The maximum atomic E-state index is 12.6. The Kier molecular flexibility index (Phi) is 7.09. The monoisotopic (exact) mass is 422 g/mol. The van der Waals surface area contributed by atoms with E-state index >= 15 is 0 Å². The van der Waals surface area contributed by atoms with Crippen molar-refractivity contribution in [1.29, 1.82) is 0 Å². The second-order valence-corrected chi connectivity index (χ2v) is 8.35. The van der Waals surface area contributed by atoms with Gasteiger partial charge in [0.25, 0.3) is 0 Å². The number of benzene rings is 1. The van der Waals surface area contributed by atoms with Gasteiger partial charge in [-0.25, -0.2) is 9.97 Å². The molecule has 1 aromatic heterocycles. The number of hydrogen-bond donors (Lipinski definition) is 2. The Hall–Kier alpha value is -3.00. The van der Waals surface area contributed by atoms with Gasteiger partial charge in [0.1, 0.15) is 0 Å². The van der Waals surface area contributed by atoms with Gasteiger partial charge in [-0.2, -0.15) is 0 Å². The number of carbonyl (C=O) groups is 2. The number of piperidine rings is 2. The zero-order valence-corrected chi connectivity index (χ0v) is 17.7. The second kappa shape index (κ2) is 10.3. The van der Waals surface area contributed by atoms with E-state index in [4.69, 9.17) is 0 Å². The maximum absolute atomic E-state index is 12.6. The predicted molar refractivity (Wildman–Crippen MR) is 118 cm³/mol. The molecule has 164 valence electrons. The summed E-state index contributed by atoms with van der Waals surface area (Å²) in [6.07, 6.45) is 6.72. The predicted octanol–water partition coefficient (Wildman–Crippen LogP) is 1.75. The molecule has 1 unspecified atom stereocenters. The molecule has 0 radical (unpaired) electrons. The van der Waals surface area contributed by atoms with Crippen LogP contribution in [0.25, 0.3) is 0 Å².